The Bertz CT molecular complexity index is 592. The van der Waals surface area contributed by atoms with Gasteiger partial charge in [-0.3, -0.25) is 0 Å². The fourth-order valence-corrected chi connectivity index (χ4v) is 1.93. The Balaban J connectivity index is 2.57. The Hall–Kier alpha value is -2.19. The van der Waals surface area contributed by atoms with E-state index in [4.69, 9.17) is 11.0 Å². The van der Waals surface area contributed by atoms with Crippen LogP contribution < -0.4 is 5.73 Å². The molecule has 1 aromatic carbocycles. The monoisotopic (exact) mass is 241 g/mol. The van der Waals surface area contributed by atoms with Crippen LogP contribution in [0.3, 0.4) is 0 Å². The average Bonchev–Trinajstić information content (AvgIpc) is 2.82. The summed E-state index contributed by atoms with van der Waals surface area (Å²) in [7, 11) is 0. The minimum atomic E-state index is 0.222. The van der Waals surface area contributed by atoms with E-state index in [0.29, 0.717) is 12.1 Å². The number of nitrogens with two attached hydrogens (primary N) is 1. The molecule has 0 aliphatic carbocycles. The summed E-state index contributed by atoms with van der Waals surface area (Å²) in [5.74, 6) is 1.50. The van der Waals surface area contributed by atoms with Gasteiger partial charge in [-0.15, -0.1) is 10.2 Å². The molecule has 2 N–H and O–H groups in total. The lowest BCUT2D eigenvalue weighted by molar-refractivity contribution is 0.574. The van der Waals surface area contributed by atoms with Crippen LogP contribution in [-0.2, 0) is 6.54 Å². The van der Waals surface area contributed by atoms with E-state index in [1.165, 1.54) is 0 Å². The minimum absolute atomic E-state index is 0.222. The Labute approximate surface area is 106 Å². The topological polar surface area (TPSA) is 80.5 Å². The van der Waals surface area contributed by atoms with E-state index in [0.717, 1.165) is 17.2 Å². The van der Waals surface area contributed by atoms with Crippen LogP contribution >= 0.6 is 0 Å². The lowest BCUT2D eigenvalue weighted by Crippen LogP contribution is -2.11. The Morgan fingerprint density at radius 2 is 2.17 bits per heavy atom. The van der Waals surface area contributed by atoms with Gasteiger partial charge in [-0.25, -0.2) is 0 Å². The van der Waals surface area contributed by atoms with E-state index < -0.39 is 0 Å². The van der Waals surface area contributed by atoms with Crippen molar-refractivity contribution in [2.45, 2.75) is 26.4 Å². The van der Waals surface area contributed by atoms with Crippen LogP contribution in [0.5, 0.6) is 0 Å². The van der Waals surface area contributed by atoms with Gasteiger partial charge in [-0.1, -0.05) is 12.1 Å². The molecular formula is C13H15N5. The van der Waals surface area contributed by atoms with Crippen LogP contribution in [0.1, 0.15) is 31.3 Å². The number of aromatic nitrogens is 3. The Morgan fingerprint density at radius 3 is 2.78 bits per heavy atom. The first-order valence-electron chi connectivity index (χ1n) is 5.81. The highest BCUT2D eigenvalue weighted by Gasteiger charge is 2.15. The zero-order chi connectivity index (χ0) is 13.1. The van der Waals surface area contributed by atoms with Gasteiger partial charge in [0.15, 0.2) is 5.82 Å². The van der Waals surface area contributed by atoms with Crippen LogP contribution in [0, 0.1) is 11.3 Å². The number of nitrogens with zero attached hydrogens (tertiary/aromatic N) is 4. The summed E-state index contributed by atoms with van der Waals surface area (Å²) >= 11 is 0. The third-order valence-electron chi connectivity index (χ3n) is 2.72. The van der Waals surface area contributed by atoms with Crippen molar-refractivity contribution >= 4 is 0 Å². The predicted octanol–water partition coefficient (Wildman–Crippen LogP) is 1.86. The van der Waals surface area contributed by atoms with Crippen LogP contribution in [0.15, 0.2) is 24.3 Å². The molecular weight excluding hydrogens is 226 g/mol. The lowest BCUT2D eigenvalue weighted by Gasteiger charge is -2.13. The van der Waals surface area contributed by atoms with Crippen molar-refractivity contribution in [2.75, 3.05) is 0 Å². The smallest absolute Gasteiger partial charge is 0.164 e. The maximum absolute atomic E-state index is 8.93. The fourth-order valence-electron chi connectivity index (χ4n) is 1.93. The molecule has 0 bridgehead atoms. The normalized spacial score (nSPS) is 10.6. The molecule has 0 fully saturated rings. The van der Waals surface area contributed by atoms with Crippen molar-refractivity contribution < 1.29 is 0 Å². The molecule has 18 heavy (non-hydrogen) atoms. The Morgan fingerprint density at radius 1 is 1.39 bits per heavy atom. The van der Waals surface area contributed by atoms with Gasteiger partial charge in [0.05, 0.1) is 18.2 Å². The summed E-state index contributed by atoms with van der Waals surface area (Å²) in [6.07, 6.45) is 0. The summed E-state index contributed by atoms with van der Waals surface area (Å²) in [5, 5.41) is 17.2. The molecule has 0 aliphatic rings. The van der Waals surface area contributed by atoms with Crippen molar-refractivity contribution in [1.29, 1.82) is 5.26 Å². The average molecular weight is 241 g/mol. The number of rotatable bonds is 3. The second-order valence-corrected chi connectivity index (χ2v) is 4.30. The van der Waals surface area contributed by atoms with Crippen LogP contribution in [-0.4, -0.2) is 14.8 Å². The Kier molecular flexibility index (Phi) is 3.40. The number of nitriles is 1. The van der Waals surface area contributed by atoms with Gasteiger partial charge in [0.1, 0.15) is 5.82 Å². The zero-order valence-electron chi connectivity index (χ0n) is 10.5. The first kappa shape index (κ1) is 12.3. The van der Waals surface area contributed by atoms with Crippen LogP contribution in [0.25, 0.3) is 11.4 Å². The first-order valence-corrected chi connectivity index (χ1v) is 5.81. The number of hydrogen-bond donors (Lipinski definition) is 1. The highest BCUT2D eigenvalue weighted by Crippen LogP contribution is 2.23. The molecule has 1 aromatic heterocycles. The summed E-state index contributed by atoms with van der Waals surface area (Å²) < 4.78 is 2.00. The molecule has 1 heterocycles. The summed E-state index contributed by atoms with van der Waals surface area (Å²) in [4.78, 5) is 0. The predicted molar refractivity (Wildman–Crippen MR) is 68.4 cm³/mol. The van der Waals surface area contributed by atoms with E-state index in [2.05, 4.69) is 30.1 Å². The van der Waals surface area contributed by atoms with E-state index in [9.17, 15) is 0 Å². The SMILES string of the molecule is CC(C)n1c(CN)nnc1-c1cccc(C#N)c1. The van der Waals surface area contributed by atoms with Gasteiger partial charge in [0.25, 0.3) is 0 Å². The molecule has 0 atom stereocenters. The third kappa shape index (κ3) is 2.11. The standard InChI is InChI=1S/C13H15N5/c1-9(2)18-12(8-15)16-17-13(18)11-5-3-4-10(6-11)7-14/h3-6,9H,8,15H2,1-2H3. The van der Waals surface area contributed by atoms with Crippen molar-refractivity contribution in [3.63, 3.8) is 0 Å². The summed E-state index contributed by atoms with van der Waals surface area (Å²) in [6, 6.07) is 9.69. The van der Waals surface area contributed by atoms with Gasteiger partial charge < -0.3 is 10.3 Å². The van der Waals surface area contributed by atoms with Gasteiger partial charge in [-0.05, 0) is 26.0 Å². The van der Waals surface area contributed by atoms with Gasteiger partial charge in [-0.2, -0.15) is 5.26 Å². The molecule has 5 nitrogen and oxygen atoms in total. The van der Waals surface area contributed by atoms with Gasteiger partial charge in [0.2, 0.25) is 0 Å². The second kappa shape index (κ2) is 4.98. The highest BCUT2D eigenvalue weighted by atomic mass is 15.3. The maximum Gasteiger partial charge on any atom is 0.164 e. The van der Waals surface area contributed by atoms with Crippen molar-refractivity contribution in [1.82, 2.24) is 14.8 Å². The van der Waals surface area contributed by atoms with Crippen molar-refractivity contribution in [2.24, 2.45) is 5.73 Å². The lowest BCUT2D eigenvalue weighted by atomic mass is 10.1. The molecule has 2 aromatic rings. The van der Waals surface area contributed by atoms with E-state index in [-0.39, 0.29) is 6.04 Å². The summed E-state index contributed by atoms with van der Waals surface area (Å²) in [5.41, 5.74) is 7.16. The largest absolute Gasteiger partial charge is 0.324 e. The second-order valence-electron chi connectivity index (χ2n) is 4.30. The molecule has 5 heteroatoms. The van der Waals surface area contributed by atoms with E-state index in [1.54, 1.807) is 6.07 Å². The molecule has 0 saturated carbocycles. The number of hydrogen-bond acceptors (Lipinski definition) is 4. The summed E-state index contributed by atoms with van der Waals surface area (Å²) in [6.45, 7) is 4.46. The quantitative estimate of drug-likeness (QED) is 0.889. The van der Waals surface area contributed by atoms with Crippen molar-refractivity contribution in [3.8, 4) is 17.5 Å². The van der Waals surface area contributed by atoms with Gasteiger partial charge >= 0.3 is 0 Å². The zero-order valence-corrected chi connectivity index (χ0v) is 10.5. The van der Waals surface area contributed by atoms with E-state index in [1.807, 2.05) is 22.8 Å². The van der Waals surface area contributed by atoms with Gasteiger partial charge in [0, 0.05) is 11.6 Å². The molecule has 0 radical (unpaired) electrons. The molecule has 92 valence electrons. The maximum atomic E-state index is 8.93. The molecule has 2 rings (SSSR count). The molecule has 0 spiro atoms. The van der Waals surface area contributed by atoms with Crippen LogP contribution in [0.4, 0.5) is 0 Å². The molecule has 0 aliphatic heterocycles. The van der Waals surface area contributed by atoms with E-state index >= 15 is 0 Å². The third-order valence-corrected chi connectivity index (χ3v) is 2.72. The van der Waals surface area contributed by atoms with Crippen molar-refractivity contribution in [3.05, 3.63) is 35.7 Å². The van der Waals surface area contributed by atoms with Crippen LogP contribution in [0.2, 0.25) is 0 Å². The number of benzene rings is 1. The molecule has 0 saturated heterocycles. The minimum Gasteiger partial charge on any atom is -0.324 e. The first-order chi connectivity index (χ1) is 8.67. The fraction of sp³-hybridized carbons (Fsp3) is 0.308. The molecule has 0 unspecified atom stereocenters. The molecule has 0 amide bonds. The highest BCUT2D eigenvalue weighted by molar-refractivity contribution is 5.58.